The van der Waals surface area contributed by atoms with E-state index in [0.29, 0.717) is 50.2 Å². The molecule has 3 rings (SSSR count). The molecular formula is C20H27N5O3. The van der Waals surface area contributed by atoms with Crippen LogP contribution in [0, 0.1) is 6.92 Å². The number of carboxylic acids is 1. The molecule has 28 heavy (non-hydrogen) atoms. The predicted molar refractivity (Wildman–Crippen MR) is 107 cm³/mol. The number of rotatable bonds is 6. The Balaban J connectivity index is 1.97. The first-order valence-corrected chi connectivity index (χ1v) is 9.36. The summed E-state index contributed by atoms with van der Waals surface area (Å²) in [5.41, 5.74) is 1.57. The third kappa shape index (κ3) is 4.06. The highest BCUT2D eigenvalue weighted by atomic mass is 16.5. The van der Waals surface area contributed by atoms with Crippen molar-refractivity contribution in [3.8, 4) is 0 Å². The largest absolute Gasteiger partial charge is 0.481 e. The summed E-state index contributed by atoms with van der Waals surface area (Å²) in [7, 11) is 1.91. The lowest BCUT2D eigenvalue weighted by Gasteiger charge is -2.33. The first-order chi connectivity index (χ1) is 13.3. The number of carboxylic acid groups (broad SMARTS) is 1. The normalized spacial score (nSPS) is 14.8. The van der Waals surface area contributed by atoms with Gasteiger partial charge < -0.3 is 19.6 Å². The number of hydrogen-bond acceptors (Lipinski definition) is 7. The minimum atomic E-state index is -1.09. The highest BCUT2D eigenvalue weighted by molar-refractivity contribution is 5.82. The maximum atomic E-state index is 11.8. The Morgan fingerprint density at radius 1 is 1.32 bits per heavy atom. The van der Waals surface area contributed by atoms with Crippen molar-refractivity contribution in [2.75, 3.05) is 43.2 Å². The molecule has 2 aromatic heterocycles. The molecule has 0 spiro atoms. The molecular weight excluding hydrogens is 358 g/mol. The minimum absolute atomic E-state index is 0.538. The number of ether oxygens (including phenoxy) is 1. The molecule has 1 saturated heterocycles. The monoisotopic (exact) mass is 385 g/mol. The fourth-order valence-corrected chi connectivity index (χ4v) is 3.10. The molecule has 0 saturated carbocycles. The number of aliphatic carboxylic acids is 1. The van der Waals surface area contributed by atoms with Crippen LogP contribution in [-0.2, 0) is 21.5 Å². The molecule has 0 unspecified atom stereocenters. The molecule has 2 aromatic rings. The number of aromatic nitrogens is 3. The van der Waals surface area contributed by atoms with Crippen molar-refractivity contribution in [1.29, 1.82) is 0 Å². The summed E-state index contributed by atoms with van der Waals surface area (Å²) in [6, 6.07) is 3.93. The van der Waals surface area contributed by atoms with Crippen LogP contribution in [0.4, 0.5) is 11.8 Å². The van der Waals surface area contributed by atoms with E-state index < -0.39 is 11.4 Å². The number of hydrogen-bond donors (Lipinski definition) is 1. The summed E-state index contributed by atoms with van der Waals surface area (Å²) in [6.07, 6.45) is 3.41. The van der Waals surface area contributed by atoms with Crippen molar-refractivity contribution in [1.82, 2.24) is 15.0 Å². The van der Waals surface area contributed by atoms with Crippen molar-refractivity contribution in [2.24, 2.45) is 0 Å². The Hall–Kier alpha value is -2.74. The van der Waals surface area contributed by atoms with Gasteiger partial charge in [-0.3, -0.25) is 9.78 Å². The molecule has 1 N–H and O–H groups in total. The van der Waals surface area contributed by atoms with Crippen LogP contribution in [0.1, 0.15) is 30.7 Å². The molecule has 8 heteroatoms. The van der Waals surface area contributed by atoms with Gasteiger partial charge in [0.15, 0.2) is 0 Å². The zero-order valence-corrected chi connectivity index (χ0v) is 16.8. The van der Waals surface area contributed by atoms with Crippen LogP contribution in [0.15, 0.2) is 24.5 Å². The van der Waals surface area contributed by atoms with E-state index in [0.717, 1.165) is 11.3 Å². The van der Waals surface area contributed by atoms with Gasteiger partial charge in [0.25, 0.3) is 0 Å². The Morgan fingerprint density at radius 2 is 2.04 bits per heavy atom. The Kier molecular flexibility index (Phi) is 5.79. The standard InChI is InChI=1S/C20H27N5O3/c1-14-6-5-7-21-16(14)13-24(4)19-22-12-15(20(2,3)18(26)27)17(23-19)25-8-10-28-11-9-25/h5-7,12H,8-11,13H2,1-4H3,(H,26,27). The smallest absolute Gasteiger partial charge is 0.313 e. The predicted octanol–water partition coefficient (Wildman–Crippen LogP) is 2.02. The van der Waals surface area contributed by atoms with E-state index in [1.54, 1.807) is 26.2 Å². The lowest BCUT2D eigenvalue weighted by molar-refractivity contribution is -0.142. The van der Waals surface area contributed by atoms with E-state index in [1.807, 2.05) is 31.0 Å². The topological polar surface area (TPSA) is 91.7 Å². The fraction of sp³-hybridized carbons (Fsp3) is 0.500. The molecule has 1 aliphatic rings. The van der Waals surface area contributed by atoms with Crippen molar-refractivity contribution < 1.29 is 14.6 Å². The van der Waals surface area contributed by atoms with E-state index in [2.05, 4.69) is 14.9 Å². The summed E-state index contributed by atoms with van der Waals surface area (Å²) < 4.78 is 5.44. The van der Waals surface area contributed by atoms with Crippen LogP contribution in [-0.4, -0.2) is 59.4 Å². The van der Waals surface area contributed by atoms with Crippen LogP contribution >= 0.6 is 0 Å². The minimum Gasteiger partial charge on any atom is -0.481 e. The summed E-state index contributed by atoms with van der Waals surface area (Å²) in [5, 5.41) is 9.70. The van der Waals surface area contributed by atoms with Gasteiger partial charge in [-0.2, -0.15) is 4.98 Å². The van der Waals surface area contributed by atoms with Crippen molar-refractivity contribution in [3.05, 3.63) is 41.3 Å². The molecule has 0 aromatic carbocycles. The van der Waals surface area contributed by atoms with Gasteiger partial charge in [-0.15, -0.1) is 0 Å². The maximum absolute atomic E-state index is 11.8. The van der Waals surface area contributed by atoms with Crippen LogP contribution in [0.5, 0.6) is 0 Å². The van der Waals surface area contributed by atoms with Crippen molar-refractivity contribution in [3.63, 3.8) is 0 Å². The second-order valence-corrected chi connectivity index (χ2v) is 7.56. The van der Waals surface area contributed by atoms with E-state index >= 15 is 0 Å². The first-order valence-electron chi connectivity index (χ1n) is 9.36. The molecule has 150 valence electrons. The van der Waals surface area contributed by atoms with Gasteiger partial charge in [-0.25, -0.2) is 4.98 Å². The molecule has 1 fully saturated rings. The number of carbonyl (C=O) groups is 1. The van der Waals surface area contributed by atoms with Crippen molar-refractivity contribution in [2.45, 2.75) is 32.7 Å². The van der Waals surface area contributed by atoms with E-state index in [1.165, 1.54) is 0 Å². The number of pyridine rings is 1. The quantitative estimate of drug-likeness (QED) is 0.807. The third-order valence-corrected chi connectivity index (χ3v) is 5.12. The fourth-order valence-electron chi connectivity index (χ4n) is 3.10. The van der Waals surface area contributed by atoms with E-state index in [-0.39, 0.29) is 0 Å². The number of morpholine rings is 1. The zero-order valence-electron chi connectivity index (χ0n) is 16.8. The van der Waals surface area contributed by atoms with Gasteiger partial charge in [0.1, 0.15) is 5.82 Å². The van der Waals surface area contributed by atoms with E-state index in [4.69, 9.17) is 9.72 Å². The zero-order chi connectivity index (χ0) is 20.3. The Bertz CT molecular complexity index is 849. The third-order valence-electron chi connectivity index (χ3n) is 5.12. The summed E-state index contributed by atoms with van der Waals surface area (Å²) in [4.78, 5) is 29.5. The van der Waals surface area contributed by atoms with Crippen molar-refractivity contribution >= 4 is 17.7 Å². The molecule has 1 aliphatic heterocycles. The molecule has 0 bridgehead atoms. The van der Waals surface area contributed by atoms with Crippen LogP contribution < -0.4 is 9.80 Å². The van der Waals surface area contributed by atoms with Gasteiger partial charge in [0.2, 0.25) is 5.95 Å². The second kappa shape index (κ2) is 8.10. The molecule has 3 heterocycles. The number of aryl methyl sites for hydroxylation is 1. The molecule has 0 aliphatic carbocycles. The number of nitrogens with zero attached hydrogens (tertiary/aromatic N) is 5. The highest BCUT2D eigenvalue weighted by Gasteiger charge is 2.35. The summed E-state index contributed by atoms with van der Waals surface area (Å²) in [5.74, 6) is 0.289. The molecule has 8 nitrogen and oxygen atoms in total. The summed E-state index contributed by atoms with van der Waals surface area (Å²) in [6.45, 7) is 8.47. The van der Waals surface area contributed by atoms with E-state index in [9.17, 15) is 9.90 Å². The van der Waals surface area contributed by atoms with Gasteiger partial charge >= 0.3 is 5.97 Å². The lowest BCUT2D eigenvalue weighted by Crippen LogP contribution is -2.40. The van der Waals surface area contributed by atoms with Crippen LogP contribution in [0.25, 0.3) is 0 Å². The SMILES string of the molecule is Cc1cccnc1CN(C)c1ncc(C(C)(C)C(=O)O)c(N2CCOCC2)n1. The number of anilines is 2. The van der Waals surface area contributed by atoms with Gasteiger partial charge in [-0.1, -0.05) is 6.07 Å². The lowest BCUT2D eigenvalue weighted by atomic mass is 9.85. The molecule has 0 atom stereocenters. The van der Waals surface area contributed by atoms with Gasteiger partial charge in [-0.05, 0) is 32.4 Å². The van der Waals surface area contributed by atoms with Crippen LogP contribution in [0.3, 0.4) is 0 Å². The first kappa shape index (κ1) is 20.0. The average Bonchev–Trinajstić information content (AvgIpc) is 2.69. The average molecular weight is 385 g/mol. The summed E-state index contributed by atoms with van der Waals surface area (Å²) >= 11 is 0. The second-order valence-electron chi connectivity index (χ2n) is 7.56. The van der Waals surface area contributed by atoms with Gasteiger partial charge in [0, 0.05) is 38.1 Å². The van der Waals surface area contributed by atoms with Crippen LogP contribution in [0.2, 0.25) is 0 Å². The van der Waals surface area contributed by atoms with Gasteiger partial charge in [0.05, 0.1) is 30.9 Å². The Morgan fingerprint density at radius 3 is 2.68 bits per heavy atom. The molecule has 0 amide bonds. The highest BCUT2D eigenvalue weighted by Crippen LogP contribution is 2.32. The maximum Gasteiger partial charge on any atom is 0.313 e. The Labute approximate surface area is 165 Å². The molecule has 0 radical (unpaired) electrons.